The zero-order valence-corrected chi connectivity index (χ0v) is 14.0. The third-order valence-corrected chi connectivity index (χ3v) is 5.76. The number of halogens is 4. The van der Waals surface area contributed by atoms with Gasteiger partial charge in [0.25, 0.3) is 0 Å². The van der Waals surface area contributed by atoms with Gasteiger partial charge in [0.15, 0.2) is 0 Å². The second kappa shape index (κ2) is 5.64. The lowest BCUT2D eigenvalue weighted by molar-refractivity contribution is 0.612. The molecule has 0 saturated carbocycles. The fourth-order valence-corrected chi connectivity index (χ4v) is 4.37. The first-order chi connectivity index (χ1) is 9.58. The van der Waals surface area contributed by atoms with Crippen LogP contribution in [0.1, 0.15) is 16.5 Å². The summed E-state index contributed by atoms with van der Waals surface area (Å²) in [5.41, 5.74) is 1.30. The first-order valence-corrected chi connectivity index (χ1v) is 8.31. The molecule has 0 fully saturated rings. The molecule has 3 rings (SSSR count). The maximum absolute atomic E-state index is 13.9. The molecule has 2 aromatic carbocycles. The van der Waals surface area contributed by atoms with Gasteiger partial charge >= 0.3 is 0 Å². The Morgan fingerprint density at radius 1 is 1.15 bits per heavy atom. The highest BCUT2D eigenvalue weighted by Gasteiger charge is 2.19. The van der Waals surface area contributed by atoms with Crippen molar-refractivity contribution in [3.05, 3.63) is 68.2 Å². The molecule has 0 aliphatic carbocycles. The van der Waals surface area contributed by atoms with Crippen molar-refractivity contribution in [3.8, 4) is 0 Å². The quantitative estimate of drug-likeness (QED) is 0.423. The Morgan fingerprint density at radius 2 is 1.95 bits per heavy atom. The Morgan fingerprint density at radius 3 is 2.75 bits per heavy atom. The standard InChI is InChI=1S/C15H8BrCl2FS/c16-12-3-1-2-9-11(7-20-15(9)12)14(18)10-6-8(17)4-5-13(10)19/h1-7,14H. The molecular formula is C15H8BrCl2FS. The number of benzene rings is 2. The zero-order valence-electron chi connectivity index (χ0n) is 10.0. The summed E-state index contributed by atoms with van der Waals surface area (Å²) in [6, 6.07) is 10.4. The fraction of sp³-hybridized carbons (Fsp3) is 0.0667. The molecule has 0 radical (unpaired) electrons. The van der Waals surface area contributed by atoms with Crippen molar-refractivity contribution < 1.29 is 4.39 Å². The Kier molecular flexibility index (Phi) is 4.04. The van der Waals surface area contributed by atoms with E-state index in [9.17, 15) is 4.39 Å². The molecule has 0 N–H and O–H groups in total. The average Bonchev–Trinajstić information content (AvgIpc) is 2.86. The van der Waals surface area contributed by atoms with Crippen LogP contribution in [0.25, 0.3) is 10.1 Å². The molecule has 0 aliphatic rings. The number of fused-ring (bicyclic) bond motifs is 1. The second-order valence-corrected chi connectivity index (χ2v) is 6.94. The minimum absolute atomic E-state index is 0.344. The van der Waals surface area contributed by atoms with Crippen LogP contribution < -0.4 is 0 Å². The van der Waals surface area contributed by atoms with E-state index in [2.05, 4.69) is 15.9 Å². The summed E-state index contributed by atoms with van der Waals surface area (Å²) in [4.78, 5) is 0. The van der Waals surface area contributed by atoms with Gasteiger partial charge in [-0.2, -0.15) is 0 Å². The maximum atomic E-state index is 13.9. The molecule has 0 bridgehead atoms. The molecule has 0 spiro atoms. The molecule has 1 atom stereocenters. The zero-order chi connectivity index (χ0) is 14.3. The summed E-state index contributed by atoms with van der Waals surface area (Å²) in [5.74, 6) is -0.344. The van der Waals surface area contributed by atoms with Gasteiger partial charge in [0, 0.05) is 19.8 Å². The Bertz CT molecular complexity index is 785. The van der Waals surface area contributed by atoms with Gasteiger partial charge in [-0.05, 0) is 56.5 Å². The largest absolute Gasteiger partial charge is 0.207 e. The van der Waals surface area contributed by atoms with E-state index in [4.69, 9.17) is 23.2 Å². The summed E-state index contributed by atoms with van der Waals surface area (Å²) < 4.78 is 16.1. The number of hydrogen-bond donors (Lipinski definition) is 0. The van der Waals surface area contributed by atoms with Crippen LogP contribution in [0.3, 0.4) is 0 Å². The predicted octanol–water partition coefficient (Wildman–Crippen LogP) is 6.78. The molecule has 3 aromatic rings. The van der Waals surface area contributed by atoms with Crippen LogP contribution in [0.2, 0.25) is 5.02 Å². The first kappa shape index (κ1) is 14.3. The summed E-state index contributed by atoms with van der Waals surface area (Å²) in [6.07, 6.45) is 0. The molecule has 0 saturated heterocycles. The van der Waals surface area contributed by atoms with E-state index in [1.807, 2.05) is 23.6 Å². The van der Waals surface area contributed by atoms with Gasteiger partial charge in [0.1, 0.15) is 5.82 Å². The van der Waals surface area contributed by atoms with Gasteiger partial charge in [-0.1, -0.05) is 23.7 Å². The molecule has 5 heteroatoms. The molecule has 1 aromatic heterocycles. The molecule has 1 unspecified atom stereocenters. The van der Waals surface area contributed by atoms with Crippen LogP contribution in [-0.4, -0.2) is 0 Å². The van der Waals surface area contributed by atoms with Crippen molar-refractivity contribution in [2.24, 2.45) is 0 Å². The Balaban J connectivity index is 2.15. The fourth-order valence-electron chi connectivity index (χ4n) is 2.11. The highest BCUT2D eigenvalue weighted by molar-refractivity contribution is 9.10. The van der Waals surface area contributed by atoms with Crippen LogP contribution in [0.5, 0.6) is 0 Å². The van der Waals surface area contributed by atoms with Crippen molar-refractivity contribution in [2.45, 2.75) is 5.38 Å². The summed E-state index contributed by atoms with van der Waals surface area (Å²) in [5, 5.41) is 2.92. The maximum Gasteiger partial charge on any atom is 0.128 e. The smallest absolute Gasteiger partial charge is 0.128 e. The Hall–Kier alpha value is -0.610. The van der Waals surface area contributed by atoms with E-state index >= 15 is 0 Å². The van der Waals surface area contributed by atoms with Crippen LogP contribution in [-0.2, 0) is 0 Å². The molecule has 0 amide bonds. The highest BCUT2D eigenvalue weighted by Crippen LogP contribution is 2.41. The van der Waals surface area contributed by atoms with Crippen LogP contribution in [0.4, 0.5) is 4.39 Å². The third kappa shape index (κ3) is 2.48. The van der Waals surface area contributed by atoms with Crippen molar-refractivity contribution in [1.82, 2.24) is 0 Å². The molecule has 0 nitrogen and oxygen atoms in total. The third-order valence-electron chi connectivity index (χ3n) is 3.09. The topological polar surface area (TPSA) is 0 Å². The molecule has 102 valence electrons. The van der Waals surface area contributed by atoms with E-state index in [-0.39, 0.29) is 5.82 Å². The van der Waals surface area contributed by atoms with Gasteiger partial charge in [-0.15, -0.1) is 22.9 Å². The SMILES string of the molecule is Fc1ccc(Cl)cc1C(Cl)c1csc2c(Br)cccc12. The summed E-state index contributed by atoms with van der Waals surface area (Å²) in [6.45, 7) is 0. The van der Waals surface area contributed by atoms with E-state index in [0.717, 1.165) is 20.1 Å². The van der Waals surface area contributed by atoms with Gasteiger partial charge in [0.05, 0.1) is 5.38 Å². The molecule has 0 aliphatic heterocycles. The minimum Gasteiger partial charge on any atom is -0.207 e. The lowest BCUT2D eigenvalue weighted by atomic mass is 10.0. The number of rotatable bonds is 2. The van der Waals surface area contributed by atoms with Crippen LogP contribution in [0, 0.1) is 5.82 Å². The minimum atomic E-state index is -0.559. The lowest BCUT2D eigenvalue weighted by Gasteiger charge is -2.11. The van der Waals surface area contributed by atoms with Gasteiger partial charge < -0.3 is 0 Å². The number of thiophene rings is 1. The van der Waals surface area contributed by atoms with Crippen molar-refractivity contribution in [3.63, 3.8) is 0 Å². The van der Waals surface area contributed by atoms with E-state index in [1.165, 1.54) is 12.1 Å². The van der Waals surface area contributed by atoms with Crippen molar-refractivity contribution >= 4 is 60.6 Å². The van der Waals surface area contributed by atoms with Gasteiger partial charge in [-0.3, -0.25) is 0 Å². The molecule has 20 heavy (non-hydrogen) atoms. The van der Waals surface area contributed by atoms with E-state index in [0.29, 0.717) is 10.6 Å². The summed E-state index contributed by atoms with van der Waals surface area (Å²) >= 11 is 17.5. The first-order valence-electron chi connectivity index (χ1n) is 5.82. The molecular weight excluding hydrogens is 382 g/mol. The monoisotopic (exact) mass is 388 g/mol. The Labute approximate surface area is 138 Å². The normalized spacial score (nSPS) is 12.8. The number of hydrogen-bond acceptors (Lipinski definition) is 1. The van der Waals surface area contributed by atoms with Crippen LogP contribution >= 0.6 is 50.5 Å². The lowest BCUT2D eigenvalue weighted by Crippen LogP contribution is -1.96. The highest BCUT2D eigenvalue weighted by atomic mass is 79.9. The second-order valence-electron chi connectivity index (χ2n) is 4.34. The average molecular weight is 390 g/mol. The van der Waals surface area contributed by atoms with Crippen LogP contribution in [0.15, 0.2) is 46.3 Å². The van der Waals surface area contributed by atoms with Gasteiger partial charge in [-0.25, -0.2) is 4.39 Å². The predicted molar refractivity (Wildman–Crippen MR) is 88.6 cm³/mol. The molecule has 1 heterocycles. The van der Waals surface area contributed by atoms with Crippen molar-refractivity contribution in [1.29, 1.82) is 0 Å². The van der Waals surface area contributed by atoms with E-state index in [1.54, 1.807) is 17.4 Å². The van der Waals surface area contributed by atoms with Crippen molar-refractivity contribution in [2.75, 3.05) is 0 Å². The van der Waals surface area contributed by atoms with E-state index < -0.39 is 5.38 Å². The van der Waals surface area contributed by atoms with Gasteiger partial charge in [0.2, 0.25) is 0 Å². The summed E-state index contributed by atoms with van der Waals surface area (Å²) in [7, 11) is 0. The number of alkyl halides is 1.